The molecule has 0 aliphatic carbocycles. The molecule has 2 atom stereocenters. The van der Waals surface area contributed by atoms with Crippen LogP contribution >= 0.6 is 0 Å². The van der Waals surface area contributed by atoms with Crippen LogP contribution in [0.3, 0.4) is 0 Å². The highest BCUT2D eigenvalue weighted by Crippen LogP contribution is 2.25. The minimum absolute atomic E-state index is 0.0223. The second-order valence-corrected chi connectivity index (χ2v) is 16.0. The normalized spacial score (nSPS) is 12.2. The van der Waals surface area contributed by atoms with E-state index in [2.05, 4.69) is 20.5 Å². The zero-order valence-electron chi connectivity index (χ0n) is 42.2. The molecule has 0 fully saturated rings. The zero-order chi connectivity index (χ0) is 52.9. The number of nitro groups is 2. The fourth-order valence-electron chi connectivity index (χ4n) is 6.50. The van der Waals surface area contributed by atoms with Gasteiger partial charge in [0.1, 0.15) is 24.7 Å². The number of hydrogen-bond donors (Lipinski definition) is 0. The smallest absolute Gasteiger partial charge is 0.338 e. The van der Waals surface area contributed by atoms with E-state index in [0.717, 1.165) is 38.5 Å². The molecule has 0 bridgehead atoms. The molecule has 4 aromatic rings. The van der Waals surface area contributed by atoms with Crippen molar-refractivity contribution in [2.24, 2.45) is 20.5 Å². The molecule has 0 aliphatic rings. The van der Waals surface area contributed by atoms with Gasteiger partial charge in [-0.3, -0.25) is 20.2 Å². The Balaban J connectivity index is 1.23. The second-order valence-electron chi connectivity index (χ2n) is 16.0. The van der Waals surface area contributed by atoms with E-state index in [1.165, 1.54) is 48.5 Å². The standard InChI is InChI=1S/C52H68N6O16/c1-3-65-33-35-67-37-39-73-51(59)49(71-31-11-7-5-9-29-69-47-25-17-43(18-26-47)55-53-41-13-21-45(22-14-41)57(61)62)50(52(60)74-40-38-68-36-34-66-4-2)72-32-12-8-6-10-30-70-48-27-19-44(20-28-48)56-54-42-15-23-46(24-16-42)58(63)64/h13-28,49-50H,3-12,29-40H2,1-2H3/t49-,50+. The second kappa shape index (κ2) is 37.0. The summed E-state index contributed by atoms with van der Waals surface area (Å²) in [5.41, 5.74) is 2.12. The van der Waals surface area contributed by atoms with Crippen LogP contribution in [0.25, 0.3) is 0 Å². The van der Waals surface area contributed by atoms with Crippen molar-refractivity contribution in [3.63, 3.8) is 0 Å². The molecule has 402 valence electrons. The average molecular weight is 1030 g/mol. The summed E-state index contributed by atoms with van der Waals surface area (Å²) in [6, 6.07) is 25.8. The first kappa shape index (κ1) is 59.7. The number of benzene rings is 4. The molecule has 0 saturated carbocycles. The molecule has 0 amide bonds. The molecule has 0 spiro atoms. The van der Waals surface area contributed by atoms with Crippen LogP contribution in [0.1, 0.15) is 65.2 Å². The third-order valence-electron chi connectivity index (χ3n) is 10.4. The van der Waals surface area contributed by atoms with Gasteiger partial charge in [-0.15, -0.1) is 0 Å². The van der Waals surface area contributed by atoms with Crippen LogP contribution in [-0.2, 0) is 47.5 Å². The van der Waals surface area contributed by atoms with Crippen molar-refractivity contribution in [1.82, 2.24) is 0 Å². The summed E-state index contributed by atoms with van der Waals surface area (Å²) in [6.45, 7) is 7.66. The summed E-state index contributed by atoms with van der Waals surface area (Å²) in [6.07, 6.45) is 2.97. The zero-order valence-corrected chi connectivity index (χ0v) is 42.2. The molecule has 22 heteroatoms. The summed E-state index contributed by atoms with van der Waals surface area (Å²) < 4.78 is 56.7. The molecule has 0 heterocycles. The van der Waals surface area contributed by atoms with Crippen LogP contribution in [-0.4, -0.2) is 126 Å². The third-order valence-corrected chi connectivity index (χ3v) is 10.4. The maximum Gasteiger partial charge on any atom is 0.338 e. The van der Waals surface area contributed by atoms with E-state index in [-0.39, 0.29) is 51.0 Å². The molecule has 0 N–H and O–H groups in total. The number of nitrogens with zero attached hydrogens (tertiary/aromatic N) is 6. The van der Waals surface area contributed by atoms with Gasteiger partial charge < -0.3 is 47.4 Å². The Bertz CT molecular complexity index is 2090. The number of unbranched alkanes of at least 4 members (excludes halogenated alkanes) is 6. The van der Waals surface area contributed by atoms with Crippen molar-refractivity contribution in [1.29, 1.82) is 0 Å². The number of hydrogen-bond acceptors (Lipinski definition) is 20. The van der Waals surface area contributed by atoms with Gasteiger partial charge in [0, 0.05) is 50.7 Å². The Hall–Kier alpha value is -6.82. The molecule has 0 saturated heterocycles. The van der Waals surface area contributed by atoms with Crippen LogP contribution in [0.15, 0.2) is 118 Å². The molecule has 0 aliphatic heterocycles. The first-order chi connectivity index (χ1) is 36.2. The third kappa shape index (κ3) is 25.2. The highest BCUT2D eigenvalue weighted by Gasteiger charge is 2.38. The van der Waals surface area contributed by atoms with E-state index < -0.39 is 34.0 Å². The maximum absolute atomic E-state index is 13.6. The highest BCUT2D eigenvalue weighted by molar-refractivity contribution is 5.85. The largest absolute Gasteiger partial charge is 0.494 e. The Morgan fingerprint density at radius 2 is 0.703 bits per heavy atom. The Morgan fingerprint density at radius 1 is 0.405 bits per heavy atom. The number of ether oxygens (including phenoxy) is 10. The van der Waals surface area contributed by atoms with Crippen molar-refractivity contribution in [2.45, 2.75) is 77.4 Å². The predicted octanol–water partition coefficient (Wildman–Crippen LogP) is 10.9. The van der Waals surface area contributed by atoms with Gasteiger partial charge in [-0.05, 0) is 125 Å². The molecule has 22 nitrogen and oxygen atoms in total. The quantitative estimate of drug-likeness (QED) is 0.0131. The Labute approximate surface area is 430 Å². The van der Waals surface area contributed by atoms with E-state index in [1.54, 1.807) is 48.5 Å². The van der Waals surface area contributed by atoms with Crippen LogP contribution < -0.4 is 9.47 Å². The summed E-state index contributed by atoms with van der Waals surface area (Å²) >= 11 is 0. The summed E-state index contributed by atoms with van der Waals surface area (Å²) in [7, 11) is 0. The van der Waals surface area contributed by atoms with Crippen LogP contribution in [0.5, 0.6) is 11.5 Å². The van der Waals surface area contributed by atoms with E-state index >= 15 is 0 Å². The summed E-state index contributed by atoms with van der Waals surface area (Å²) in [5.74, 6) is -0.230. The number of rotatable bonds is 41. The molecule has 74 heavy (non-hydrogen) atoms. The van der Waals surface area contributed by atoms with E-state index in [9.17, 15) is 29.8 Å². The fraction of sp³-hybridized carbons (Fsp3) is 0.500. The van der Waals surface area contributed by atoms with Gasteiger partial charge in [0.15, 0.2) is 12.2 Å². The van der Waals surface area contributed by atoms with Crippen molar-refractivity contribution in [3.05, 3.63) is 117 Å². The molecule has 0 radical (unpaired) electrons. The molecule has 4 aromatic carbocycles. The highest BCUT2D eigenvalue weighted by atomic mass is 16.6. The molecule has 0 unspecified atom stereocenters. The first-order valence-corrected chi connectivity index (χ1v) is 24.8. The Kier molecular flexibility index (Phi) is 29.9. The number of esters is 2. The van der Waals surface area contributed by atoms with Crippen molar-refractivity contribution in [3.8, 4) is 11.5 Å². The van der Waals surface area contributed by atoms with Gasteiger partial charge in [-0.1, -0.05) is 12.8 Å². The van der Waals surface area contributed by atoms with E-state index in [1.807, 2.05) is 13.8 Å². The number of azo groups is 2. The predicted molar refractivity (Wildman–Crippen MR) is 271 cm³/mol. The van der Waals surface area contributed by atoms with Crippen LogP contribution in [0.2, 0.25) is 0 Å². The van der Waals surface area contributed by atoms with E-state index in [0.29, 0.717) is 99.9 Å². The van der Waals surface area contributed by atoms with Gasteiger partial charge >= 0.3 is 11.9 Å². The average Bonchev–Trinajstić information content (AvgIpc) is 3.41. The lowest BCUT2D eigenvalue weighted by Gasteiger charge is -2.25. The van der Waals surface area contributed by atoms with Crippen molar-refractivity contribution in [2.75, 3.05) is 92.5 Å². The lowest BCUT2D eigenvalue weighted by atomic mass is 10.1. The summed E-state index contributed by atoms with van der Waals surface area (Å²) in [4.78, 5) is 48.0. The van der Waals surface area contributed by atoms with Crippen LogP contribution in [0.4, 0.5) is 34.1 Å². The minimum atomic E-state index is -1.41. The molecule has 4 rings (SSSR count). The first-order valence-electron chi connectivity index (χ1n) is 24.8. The fourth-order valence-corrected chi connectivity index (χ4v) is 6.50. The molecule has 0 aromatic heterocycles. The topological polar surface area (TPSA) is 262 Å². The van der Waals surface area contributed by atoms with Gasteiger partial charge in [0.05, 0.1) is 85.5 Å². The van der Waals surface area contributed by atoms with Gasteiger partial charge in [0.25, 0.3) is 11.4 Å². The number of non-ortho nitro benzene ring substituents is 2. The van der Waals surface area contributed by atoms with Crippen molar-refractivity contribution < 1.29 is 66.8 Å². The maximum atomic E-state index is 13.6. The van der Waals surface area contributed by atoms with Gasteiger partial charge in [0.2, 0.25) is 0 Å². The molecular weight excluding hydrogens is 965 g/mol. The van der Waals surface area contributed by atoms with Gasteiger partial charge in [-0.2, -0.15) is 20.5 Å². The number of carbonyl (C=O) groups is 2. The summed E-state index contributed by atoms with van der Waals surface area (Å²) in [5, 5.41) is 38.4. The molecular formula is C52H68N6O16. The Morgan fingerprint density at radius 3 is 1.03 bits per heavy atom. The minimum Gasteiger partial charge on any atom is -0.494 e. The van der Waals surface area contributed by atoms with E-state index in [4.69, 9.17) is 47.4 Å². The number of nitro benzene ring substituents is 2. The van der Waals surface area contributed by atoms with Crippen molar-refractivity contribution >= 4 is 46.1 Å². The number of carbonyl (C=O) groups excluding carboxylic acids is 2. The SMILES string of the molecule is CCOCCOCCOC(=O)[C@@H](OCCCCCCOc1ccc(N=Nc2ccc([N+](=O)[O-])cc2)cc1)[C@@H](OCCCCCCOc1ccc(N=Nc2ccc([N+](=O)[O-])cc2)cc1)C(=O)OCCOCCOCC. The lowest BCUT2D eigenvalue weighted by Crippen LogP contribution is -2.46. The monoisotopic (exact) mass is 1030 g/mol. The van der Waals surface area contributed by atoms with Crippen LogP contribution in [0, 0.1) is 20.2 Å². The lowest BCUT2D eigenvalue weighted by molar-refractivity contribution is -0.385. The van der Waals surface area contributed by atoms with Gasteiger partial charge in [-0.25, -0.2) is 9.59 Å².